The Morgan fingerprint density at radius 3 is 2.47 bits per heavy atom. The molecule has 0 radical (unpaired) electrons. The van der Waals surface area contributed by atoms with Gasteiger partial charge in [0.2, 0.25) is 0 Å². The van der Waals surface area contributed by atoms with E-state index in [4.69, 9.17) is 4.74 Å². The van der Waals surface area contributed by atoms with E-state index in [0.29, 0.717) is 37.5 Å². The molecule has 5 N–H and O–H groups in total. The number of aromatic amines is 1. The Morgan fingerprint density at radius 2 is 1.77 bits per heavy atom. The number of rotatable bonds is 16. The zero-order chi connectivity index (χ0) is 34.0. The van der Waals surface area contributed by atoms with Gasteiger partial charge in [0.15, 0.2) is 5.78 Å². The van der Waals surface area contributed by atoms with E-state index in [0.717, 1.165) is 16.5 Å². The van der Waals surface area contributed by atoms with Gasteiger partial charge in [-0.05, 0) is 56.2 Å². The maximum atomic E-state index is 14.0. The van der Waals surface area contributed by atoms with Crippen LogP contribution < -0.4 is 16.0 Å². The standard InChI is InChI=1S/C34H41F3N4O6/c1-33(19-23-20-38-26-13-7-5-11-24(23)26,41-32(46)47-28-14-8-6-12-25(28)34(35,36)37)29(43)21-39-30(40-27(17-18-42)31(44)45)16-15-22-9-3-2-4-10-22/h2-5,7,9-11,13,18,20,25,27-28,30,38-40H,6,8,12,14-17,19,21H2,1H3,(H,41,46)(H,44,45). The van der Waals surface area contributed by atoms with Crippen LogP contribution in [0.15, 0.2) is 60.8 Å². The van der Waals surface area contributed by atoms with E-state index < -0.39 is 53.8 Å². The van der Waals surface area contributed by atoms with Gasteiger partial charge in [0.25, 0.3) is 0 Å². The van der Waals surface area contributed by atoms with E-state index in [9.17, 15) is 37.5 Å². The van der Waals surface area contributed by atoms with Gasteiger partial charge >= 0.3 is 18.2 Å². The highest BCUT2D eigenvalue weighted by Crippen LogP contribution is 2.39. The third kappa shape index (κ3) is 9.88. The number of para-hydroxylation sites is 1. The molecular formula is C34H41F3N4O6. The van der Waals surface area contributed by atoms with Crippen LogP contribution in [-0.2, 0) is 32.0 Å². The minimum atomic E-state index is -4.53. The first kappa shape index (κ1) is 35.6. The van der Waals surface area contributed by atoms with E-state index in [-0.39, 0.29) is 32.2 Å². The summed E-state index contributed by atoms with van der Waals surface area (Å²) in [6.45, 7) is 1.15. The van der Waals surface area contributed by atoms with Crippen molar-refractivity contribution < 1.29 is 42.2 Å². The molecule has 5 unspecified atom stereocenters. The Morgan fingerprint density at radius 1 is 1.06 bits per heavy atom. The van der Waals surface area contributed by atoms with E-state index in [1.165, 1.54) is 6.92 Å². The topological polar surface area (TPSA) is 150 Å². The van der Waals surface area contributed by atoms with Crippen LogP contribution in [0.5, 0.6) is 0 Å². The minimum Gasteiger partial charge on any atom is -0.480 e. The molecule has 0 saturated heterocycles. The number of fused-ring (bicyclic) bond motifs is 1. The highest BCUT2D eigenvalue weighted by molar-refractivity contribution is 5.94. The SMILES string of the molecule is CC(Cc1c[nH]c2ccccc12)(NC(=O)OC1CCCCC1C(F)(F)F)C(=O)CNC(CCc1ccccc1)NC(CC=O)C(=O)O. The number of carboxylic acids is 1. The van der Waals surface area contributed by atoms with Gasteiger partial charge in [-0.2, -0.15) is 13.2 Å². The van der Waals surface area contributed by atoms with Crippen LogP contribution in [0.1, 0.15) is 56.6 Å². The number of aliphatic carboxylic acids is 1. The number of aldehydes is 1. The maximum Gasteiger partial charge on any atom is 0.408 e. The molecule has 1 aliphatic carbocycles. The highest BCUT2D eigenvalue weighted by atomic mass is 19.4. The third-order valence-electron chi connectivity index (χ3n) is 8.70. The van der Waals surface area contributed by atoms with Crippen LogP contribution in [0.2, 0.25) is 0 Å². The first-order chi connectivity index (χ1) is 22.4. The summed E-state index contributed by atoms with van der Waals surface area (Å²) >= 11 is 0. The zero-order valence-corrected chi connectivity index (χ0v) is 26.1. The Hall–Kier alpha value is -4.23. The Bertz CT molecular complexity index is 1510. The Kier molecular flexibility index (Phi) is 12.2. The smallest absolute Gasteiger partial charge is 0.408 e. The van der Waals surface area contributed by atoms with Crippen molar-refractivity contribution in [1.29, 1.82) is 0 Å². The number of benzene rings is 2. The quantitative estimate of drug-likeness (QED) is 0.106. The van der Waals surface area contributed by atoms with Crippen LogP contribution in [-0.4, -0.2) is 70.8 Å². The van der Waals surface area contributed by atoms with E-state index in [1.54, 1.807) is 6.20 Å². The first-order valence-corrected chi connectivity index (χ1v) is 15.7. The zero-order valence-electron chi connectivity index (χ0n) is 26.1. The molecule has 10 nitrogen and oxygen atoms in total. The molecule has 13 heteroatoms. The van der Waals surface area contributed by atoms with E-state index in [1.807, 2.05) is 54.6 Å². The van der Waals surface area contributed by atoms with Crippen molar-refractivity contribution in [3.8, 4) is 0 Å². The van der Waals surface area contributed by atoms with Gasteiger partial charge in [-0.15, -0.1) is 0 Å². The van der Waals surface area contributed by atoms with Crippen LogP contribution in [0, 0.1) is 5.92 Å². The average Bonchev–Trinajstić information content (AvgIpc) is 3.44. The molecule has 4 rings (SSSR count). The summed E-state index contributed by atoms with van der Waals surface area (Å²) in [5.74, 6) is -3.53. The van der Waals surface area contributed by atoms with Gasteiger partial charge in [-0.25, -0.2) is 4.79 Å². The normalized spacial score (nSPS) is 19.3. The number of nitrogens with one attached hydrogen (secondary N) is 4. The lowest BCUT2D eigenvalue weighted by atomic mass is 9.86. The van der Waals surface area contributed by atoms with Crippen molar-refractivity contribution >= 4 is 35.0 Å². The monoisotopic (exact) mass is 658 g/mol. The van der Waals surface area contributed by atoms with Crippen molar-refractivity contribution in [3.63, 3.8) is 0 Å². The Labute approximate surface area is 270 Å². The summed E-state index contributed by atoms with van der Waals surface area (Å²) in [7, 11) is 0. The summed E-state index contributed by atoms with van der Waals surface area (Å²) in [6.07, 6.45) is -4.19. The number of hydrogen-bond acceptors (Lipinski definition) is 7. The minimum absolute atomic E-state index is 0.00893. The molecular weight excluding hydrogens is 617 g/mol. The van der Waals surface area contributed by atoms with Crippen molar-refractivity contribution in [2.45, 2.75) is 88.3 Å². The lowest BCUT2D eigenvalue weighted by Crippen LogP contribution is -2.59. The van der Waals surface area contributed by atoms with Gasteiger partial charge in [0.1, 0.15) is 24.0 Å². The largest absolute Gasteiger partial charge is 0.480 e. The molecule has 47 heavy (non-hydrogen) atoms. The molecule has 0 spiro atoms. The molecule has 1 heterocycles. The van der Waals surface area contributed by atoms with E-state index >= 15 is 0 Å². The second kappa shape index (κ2) is 16.1. The molecule has 2 aromatic carbocycles. The van der Waals surface area contributed by atoms with Crippen molar-refractivity contribution in [2.24, 2.45) is 5.92 Å². The van der Waals surface area contributed by atoms with Gasteiger partial charge in [0, 0.05) is 29.9 Å². The molecule has 1 aromatic heterocycles. The number of carboxylic acid groups (broad SMARTS) is 1. The molecule has 1 fully saturated rings. The lowest BCUT2D eigenvalue weighted by Gasteiger charge is -2.35. The Balaban J connectivity index is 1.54. The molecule has 0 aliphatic heterocycles. The molecule has 3 aromatic rings. The molecule has 1 aliphatic rings. The van der Waals surface area contributed by atoms with Crippen LogP contribution in [0.3, 0.4) is 0 Å². The summed E-state index contributed by atoms with van der Waals surface area (Å²) in [4.78, 5) is 53.3. The van der Waals surface area contributed by atoms with Gasteiger partial charge in [-0.3, -0.25) is 20.2 Å². The fourth-order valence-electron chi connectivity index (χ4n) is 6.07. The number of ketones is 1. The number of hydrogen-bond donors (Lipinski definition) is 5. The molecule has 1 amide bonds. The number of aryl methyl sites for hydroxylation is 1. The molecule has 1 saturated carbocycles. The fourth-order valence-corrected chi connectivity index (χ4v) is 6.07. The second-order valence-corrected chi connectivity index (χ2v) is 12.2. The molecule has 0 bridgehead atoms. The van der Waals surface area contributed by atoms with Crippen molar-refractivity contribution in [3.05, 3.63) is 71.9 Å². The maximum absolute atomic E-state index is 14.0. The highest BCUT2D eigenvalue weighted by Gasteiger charge is 2.48. The molecule has 5 atom stereocenters. The van der Waals surface area contributed by atoms with Crippen LogP contribution in [0.25, 0.3) is 10.9 Å². The third-order valence-corrected chi connectivity index (χ3v) is 8.70. The van der Waals surface area contributed by atoms with Crippen LogP contribution in [0.4, 0.5) is 18.0 Å². The number of ether oxygens (including phenoxy) is 1. The summed E-state index contributed by atoms with van der Waals surface area (Å²) in [6, 6.07) is 15.6. The number of carbonyl (C=O) groups is 4. The number of aromatic nitrogens is 1. The van der Waals surface area contributed by atoms with Gasteiger partial charge in [0.05, 0.1) is 18.6 Å². The van der Waals surface area contributed by atoms with Crippen molar-refractivity contribution in [2.75, 3.05) is 6.54 Å². The predicted octanol–water partition coefficient (Wildman–Crippen LogP) is 5.07. The average molecular weight is 659 g/mol. The number of alkyl halides is 3. The van der Waals surface area contributed by atoms with Crippen LogP contribution >= 0.6 is 0 Å². The first-order valence-electron chi connectivity index (χ1n) is 15.7. The van der Waals surface area contributed by atoms with Gasteiger partial charge in [-0.1, -0.05) is 55.0 Å². The lowest BCUT2D eigenvalue weighted by molar-refractivity contribution is -0.207. The number of carbonyl (C=O) groups excluding carboxylic acids is 3. The predicted molar refractivity (Wildman–Crippen MR) is 169 cm³/mol. The fraction of sp³-hybridized carbons (Fsp3) is 0.471. The van der Waals surface area contributed by atoms with Gasteiger partial charge < -0.3 is 24.9 Å². The van der Waals surface area contributed by atoms with Crippen molar-refractivity contribution in [1.82, 2.24) is 20.9 Å². The number of H-pyrrole nitrogens is 1. The summed E-state index contributed by atoms with van der Waals surface area (Å²) in [5.41, 5.74) is 0.839. The number of alkyl carbamates (subject to hydrolysis) is 1. The summed E-state index contributed by atoms with van der Waals surface area (Å²) in [5, 5.41) is 19.0. The van der Waals surface area contributed by atoms with E-state index in [2.05, 4.69) is 20.9 Å². The number of amides is 1. The summed E-state index contributed by atoms with van der Waals surface area (Å²) < 4.78 is 46.5. The number of halogens is 3. The second-order valence-electron chi connectivity index (χ2n) is 12.2. The molecule has 254 valence electrons. The number of Topliss-reactive ketones (excluding diaryl/α,β-unsaturated/α-hetero) is 1.